The van der Waals surface area contributed by atoms with Crippen LogP contribution in [0.15, 0.2) is 59.6 Å². The van der Waals surface area contributed by atoms with E-state index < -0.39 is 198 Å². The fraction of sp³-hybridized carbons (Fsp3) is 0.590. The molecule has 2 unspecified atom stereocenters. The molecule has 1 saturated heterocycles. The predicted octanol–water partition coefficient (Wildman–Crippen LogP) is -5.10. The number of hydrogen-bond acceptors (Lipinski definition) is 19. The number of aliphatic imine (C=N–C) groups is 1. The zero-order valence-electron chi connectivity index (χ0n) is 54.2. The van der Waals surface area contributed by atoms with E-state index in [9.17, 15) is 77.6 Å². The van der Waals surface area contributed by atoms with Crippen molar-refractivity contribution in [1.29, 1.82) is 0 Å². The Kier molecular flexibility index (Phi) is 32.3. The lowest BCUT2D eigenvalue weighted by atomic mass is 9.95. The minimum atomic E-state index is -2.60. The number of aliphatic hydroxyl groups excluding tert-OH is 4. The molecule has 2 aromatic carbocycles. The average Bonchev–Trinajstić information content (AvgIpc) is 0.849. The van der Waals surface area contributed by atoms with Gasteiger partial charge in [-0.25, -0.2) is 9.18 Å². The van der Waals surface area contributed by atoms with Crippen molar-refractivity contribution in [3.8, 4) is 0 Å². The van der Waals surface area contributed by atoms with Crippen molar-refractivity contribution >= 4 is 76.9 Å². The van der Waals surface area contributed by atoms with Crippen LogP contribution in [0.4, 0.5) is 4.39 Å². The normalized spacial score (nSPS) is 24.1. The van der Waals surface area contributed by atoms with Crippen LogP contribution in [-0.4, -0.2) is 196 Å². The Balaban J connectivity index is 2.41. The van der Waals surface area contributed by atoms with Crippen molar-refractivity contribution in [1.82, 2.24) is 53.2 Å². The molecule has 0 aliphatic carbocycles. The minimum Gasteiger partial charge on any atom is -0.453 e. The van der Waals surface area contributed by atoms with Crippen LogP contribution in [0.2, 0.25) is 0 Å². The Bertz CT molecular complexity index is 2970. The zero-order valence-corrected chi connectivity index (χ0v) is 54.2. The first-order chi connectivity index (χ1) is 44.1. The highest BCUT2D eigenvalue weighted by molar-refractivity contribution is 6.00. The molecule has 0 spiro atoms. The van der Waals surface area contributed by atoms with Crippen LogP contribution in [0.5, 0.6) is 0 Å². The maximum absolute atomic E-state index is 15.4. The first-order valence-electron chi connectivity index (χ1n) is 30.9. The highest BCUT2D eigenvalue weighted by Crippen LogP contribution is 2.25. The van der Waals surface area contributed by atoms with E-state index in [1.807, 2.05) is 10.6 Å². The number of benzene rings is 2. The summed E-state index contributed by atoms with van der Waals surface area (Å²) in [5, 5.41) is 67.9. The van der Waals surface area contributed by atoms with E-state index in [0.717, 1.165) is 13.0 Å². The van der Waals surface area contributed by atoms with Crippen molar-refractivity contribution in [2.24, 2.45) is 51.6 Å². The number of amides is 11. The molecule has 0 radical (unpaired) electrons. The molecule has 32 nitrogen and oxygen atoms in total. The van der Waals surface area contributed by atoms with Crippen LogP contribution < -0.4 is 76.1 Å². The fourth-order valence-electron chi connectivity index (χ4n) is 9.63. The van der Waals surface area contributed by atoms with E-state index in [4.69, 9.17) is 27.7 Å². The Morgan fingerprint density at radius 2 is 1.23 bits per heavy atom. The maximum atomic E-state index is 15.4. The van der Waals surface area contributed by atoms with Crippen LogP contribution in [0.3, 0.4) is 0 Å². The molecule has 22 N–H and O–H groups in total. The van der Waals surface area contributed by atoms with Crippen molar-refractivity contribution < 1.29 is 87.1 Å². The Morgan fingerprint density at radius 1 is 0.670 bits per heavy atom. The molecule has 1 aliphatic rings. The molecule has 2 aromatic rings. The van der Waals surface area contributed by atoms with E-state index >= 15 is 4.79 Å². The lowest BCUT2D eigenvalue weighted by Crippen LogP contribution is -2.64. The van der Waals surface area contributed by atoms with E-state index in [2.05, 4.69) is 47.5 Å². The summed E-state index contributed by atoms with van der Waals surface area (Å²) in [5.74, 6) is -18.5. The number of halogens is 1. The van der Waals surface area contributed by atoms with Gasteiger partial charge in [-0.05, 0) is 79.9 Å². The van der Waals surface area contributed by atoms with Gasteiger partial charge in [0.15, 0.2) is 24.2 Å². The molecule has 15 atom stereocenters. The zero-order chi connectivity index (χ0) is 70.8. The number of nitrogens with two attached hydrogens (primary N) is 4. The second-order valence-electron chi connectivity index (χ2n) is 24.2. The third-order valence-electron chi connectivity index (χ3n) is 15.1. The standard InChI is InChI=1S/C61H94FN15O17/c1-10-31(8)42-56(89)75-43(32(9)79)55(88)68-26-41(80)73-45(48(82)50(64)83)58(91)72-40(27-78)60(93)94-49(33-17-12-11-13-18-33)46(77-54(87)39(24-29(4)5)70-51(84)36(63)25-34-19-14-15-20-35(34)62)59(92)76-44(47(81)30(6)7)57(90)71-38(23-28(2)3)53(86)69-37(52(85)74-42)21-16-22-67-61(65)66/h11-15,17-20,28-32,36-40,42-49,78-79,81-82H,10,16,21-27,63H2,1-9H3,(H2,64,83)(H,68,88)(H,69,86)(H,70,84)(H,71,90)(H,72,91)(H,73,80)(H,74,85)(H,75,89)(H,76,92)(H,77,87)(H4,65,66,67)/t31-,32-,36+,37+,38-,39-,40-,42?,43?,44-,45-,46-,47+,48-,49+/m0/s1. The highest BCUT2D eigenvalue weighted by atomic mass is 19.1. The Labute approximate surface area is 544 Å². The van der Waals surface area contributed by atoms with Gasteiger partial charge in [0.1, 0.15) is 54.2 Å². The number of nitrogens with zero attached hydrogens (tertiary/aromatic N) is 1. The van der Waals surface area contributed by atoms with Crippen LogP contribution in [-0.2, 0) is 68.7 Å². The van der Waals surface area contributed by atoms with Gasteiger partial charge >= 0.3 is 5.97 Å². The van der Waals surface area contributed by atoms with Crippen LogP contribution in [0, 0.1) is 29.5 Å². The monoisotopic (exact) mass is 1330 g/mol. The summed E-state index contributed by atoms with van der Waals surface area (Å²) in [6.45, 7) is 11.4. The molecule has 0 bridgehead atoms. The van der Waals surface area contributed by atoms with Gasteiger partial charge in [0.25, 0.3) is 0 Å². The Hall–Kier alpha value is -8.92. The maximum Gasteiger partial charge on any atom is 0.331 e. The smallest absolute Gasteiger partial charge is 0.331 e. The molecule has 0 aromatic heterocycles. The number of guanidine groups is 1. The third-order valence-corrected chi connectivity index (χ3v) is 15.1. The summed E-state index contributed by atoms with van der Waals surface area (Å²) in [7, 11) is 0. The fourth-order valence-corrected chi connectivity index (χ4v) is 9.63. The summed E-state index contributed by atoms with van der Waals surface area (Å²) < 4.78 is 20.7. The third kappa shape index (κ3) is 24.8. The van der Waals surface area contributed by atoms with Crippen LogP contribution in [0.1, 0.15) is 112 Å². The van der Waals surface area contributed by atoms with Crippen molar-refractivity contribution in [2.75, 3.05) is 19.7 Å². The molecule has 1 fully saturated rings. The van der Waals surface area contributed by atoms with Gasteiger partial charge in [-0.3, -0.25) is 57.7 Å². The number of carbonyl (C=O) groups is 12. The Morgan fingerprint density at radius 3 is 1.80 bits per heavy atom. The number of ether oxygens (including phenoxy) is 1. The van der Waals surface area contributed by atoms with E-state index in [1.54, 1.807) is 41.5 Å². The molecule has 1 aliphatic heterocycles. The number of rotatable bonds is 23. The molecule has 1 heterocycles. The number of nitrogens with one attached hydrogen (secondary N) is 10. The topological polar surface area (TPSA) is 532 Å². The van der Waals surface area contributed by atoms with Crippen molar-refractivity contribution in [3.05, 3.63) is 71.5 Å². The van der Waals surface area contributed by atoms with Gasteiger partial charge in [0.05, 0.1) is 31.4 Å². The molecule has 33 heteroatoms. The van der Waals surface area contributed by atoms with E-state index in [-0.39, 0.29) is 62.2 Å². The number of aliphatic hydroxyl groups is 4. The lowest BCUT2D eigenvalue weighted by molar-refractivity contribution is -0.159. The molecular formula is C61H94FN15O17. The summed E-state index contributed by atoms with van der Waals surface area (Å²) in [6, 6.07) is -6.12. The quantitative estimate of drug-likeness (QED) is 0.0214. The first-order valence-corrected chi connectivity index (χ1v) is 30.9. The van der Waals surface area contributed by atoms with Gasteiger partial charge in [0, 0.05) is 6.54 Å². The molecular weight excluding hydrogens is 1230 g/mol. The first kappa shape index (κ1) is 79.3. The highest BCUT2D eigenvalue weighted by Gasteiger charge is 2.44. The molecule has 522 valence electrons. The van der Waals surface area contributed by atoms with E-state index in [1.165, 1.54) is 62.4 Å². The summed E-state index contributed by atoms with van der Waals surface area (Å²) in [5.41, 5.74) is 22.6. The largest absolute Gasteiger partial charge is 0.453 e. The minimum absolute atomic E-state index is 0.0301. The number of primary amides is 1. The summed E-state index contributed by atoms with van der Waals surface area (Å²) >= 11 is 0. The van der Waals surface area contributed by atoms with Gasteiger partial charge < -0.3 is 101 Å². The van der Waals surface area contributed by atoms with E-state index in [0.29, 0.717) is 0 Å². The second kappa shape index (κ2) is 38.3. The van der Waals surface area contributed by atoms with Crippen molar-refractivity contribution in [2.45, 2.75) is 186 Å². The molecule has 94 heavy (non-hydrogen) atoms. The van der Waals surface area contributed by atoms with Gasteiger partial charge in [0.2, 0.25) is 65.0 Å². The average molecular weight is 1330 g/mol. The number of carbonyl (C=O) groups excluding carboxylic acids is 12. The second-order valence-corrected chi connectivity index (χ2v) is 24.2. The van der Waals surface area contributed by atoms with Gasteiger partial charge in [-0.2, -0.15) is 0 Å². The van der Waals surface area contributed by atoms with Gasteiger partial charge in [-0.1, -0.05) is 110 Å². The predicted molar refractivity (Wildman–Crippen MR) is 337 cm³/mol. The van der Waals surface area contributed by atoms with Crippen molar-refractivity contribution in [3.63, 3.8) is 0 Å². The molecule has 11 amide bonds. The summed E-state index contributed by atoms with van der Waals surface area (Å²) in [6.07, 6.45) is -8.88. The molecule has 3 rings (SSSR count). The number of hydrogen-bond donors (Lipinski definition) is 18. The van der Waals surface area contributed by atoms with Gasteiger partial charge in [-0.15, -0.1) is 0 Å². The van der Waals surface area contributed by atoms with Crippen LogP contribution >= 0.6 is 0 Å². The number of esters is 1. The SMILES string of the molecule is CC[C@H](C)C1NC(=O)[C@@H](CCCN=C(N)N)NC(=O)[C@H](CC(C)C)NC(=O)[C@H]([C@H](O)C(C)C)NC(=O)[C@@H](NC(=O)[C@H](CC(C)C)NC(=O)[C@H](N)Cc2ccccc2F)[C@@H](c2ccccc2)OC(=O)[C@H](CO)NC(=O)[C@H]([C@H](O)C(N)=O)NC(=O)CNC(=O)C([C@H](C)O)NC1=O. The van der Waals surface area contributed by atoms with Crippen LogP contribution in [0.25, 0.3) is 0 Å². The molecule has 0 saturated carbocycles. The summed E-state index contributed by atoms with van der Waals surface area (Å²) in [4.78, 5) is 175. The number of cyclic esters (lactones) is 1. The lowest BCUT2D eigenvalue weighted by Gasteiger charge is -2.33.